The lowest BCUT2D eigenvalue weighted by Crippen LogP contribution is -2.38. The molecule has 1 N–H and O–H groups in total. The summed E-state index contributed by atoms with van der Waals surface area (Å²) in [5, 5.41) is 3.63. The SMILES string of the molecule is CC(=O)N(CCC(=O)NC1CCCCCC1)c1ccccc1Cl. The van der Waals surface area contributed by atoms with Crippen LogP contribution in [-0.4, -0.2) is 24.4 Å². The number of carbonyl (C=O) groups excluding carboxylic acids is 2. The number of amides is 2. The van der Waals surface area contributed by atoms with Crippen LogP contribution in [0.4, 0.5) is 5.69 Å². The van der Waals surface area contributed by atoms with Crippen molar-refractivity contribution in [3.63, 3.8) is 0 Å². The van der Waals surface area contributed by atoms with Crippen molar-refractivity contribution in [3.8, 4) is 0 Å². The number of hydrogen-bond donors (Lipinski definition) is 1. The zero-order chi connectivity index (χ0) is 16.7. The third-order valence-electron chi connectivity index (χ3n) is 4.31. The highest BCUT2D eigenvalue weighted by Crippen LogP contribution is 2.25. The average Bonchev–Trinajstić information content (AvgIpc) is 2.77. The predicted octanol–water partition coefficient (Wildman–Crippen LogP) is 3.92. The standard InChI is InChI=1S/C18H25ClN2O2/c1-14(22)21(17-11-7-6-10-16(17)19)13-12-18(23)20-15-8-4-2-3-5-9-15/h6-7,10-11,15H,2-5,8-9,12-13H2,1H3,(H,20,23). The minimum Gasteiger partial charge on any atom is -0.353 e. The highest BCUT2D eigenvalue weighted by atomic mass is 35.5. The van der Waals surface area contributed by atoms with Crippen molar-refractivity contribution in [3.05, 3.63) is 29.3 Å². The van der Waals surface area contributed by atoms with Crippen LogP contribution in [-0.2, 0) is 9.59 Å². The minimum atomic E-state index is -0.111. The molecule has 1 aliphatic rings. The zero-order valence-corrected chi connectivity index (χ0v) is 14.4. The van der Waals surface area contributed by atoms with Gasteiger partial charge in [0.05, 0.1) is 10.7 Å². The lowest BCUT2D eigenvalue weighted by atomic mass is 10.1. The topological polar surface area (TPSA) is 49.4 Å². The Morgan fingerprint density at radius 2 is 1.83 bits per heavy atom. The first-order valence-corrected chi connectivity index (χ1v) is 8.77. The Bertz CT molecular complexity index is 540. The van der Waals surface area contributed by atoms with Gasteiger partial charge in [-0.2, -0.15) is 0 Å². The molecule has 1 aromatic carbocycles. The second-order valence-corrected chi connectivity index (χ2v) is 6.54. The molecule has 126 valence electrons. The summed E-state index contributed by atoms with van der Waals surface area (Å²) in [5.41, 5.74) is 0.656. The number of nitrogens with one attached hydrogen (secondary N) is 1. The molecule has 0 spiro atoms. The predicted molar refractivity (Wildman–Crippen MR) is 93.7 cm³/mol. The van der Waals surface area contributed by atoms with Crippen LogP contribution in [0.15, 0.2) is 24.3 Å². The number of halogens is 1. The maximum absolute atomic E-state index is 12.2. The van der Waals surface area contributed by atoms with Gasteiger partial charge in [0, 0.05) is 25.9 Å². The Labute approximate surface area is 143 Å². The van der Waals surface area contributed by atoms with E-state index in [-0.39, 0.29) is 17.9 Å². The molecule has 1 fully saturated rings. The van der Waals surface area contributed by atoms with Crippen molar-refractivity contribution in [1.29, 1.82) is 0 Å². The van der Waals surface area contributed by atoms with Crippen LogP contribution >= 0.6 is 11.6 Å². The third-order valence-corrected chi connectivity index (χ3v) is 4.63. The number of hydrogen-bond acceptors (Lipinski definition) is 2. The van der Waals surface area contributed by atoms with Crippen LogP contribution in [0, 0.1) is 0 Å². The van der Waals surface area contributed by atoms with Crippen LogP contribution in [0.3, 0.4) is 0 Å². The molecule has 1 aromatic rings. The molecule has 0 radical (unpaired) electrons. The fourth-order valence-corrected chi connectivity index (χ4v) is 3.29. The summed E-state index contributed by atoms with van der Waals surface area (Å²) in [6.45, 7) is 1.84. The van der Waals surface area contributed by atoms with Crippen LogP contribution < -0.4 is 10.2 Å². The number of para-hydroxylation sites is 1. The molecule has 1 aliphatic carbocycles. The fraction of sp³-hybridized carbons (Fsp3) is 0.556. The van der Waals surface area contributed by atoms with E-state index in [0.29, 0.717) is 23.7 Å². The number of rotatable bonds is 5. The Morgan fingerprint density at radius 1 is 1.17 bits per heavy atom. The van der Waals surface area contributed by atoms with Gasteiger partial charge in [-0.05, 0) is 25.0 Å². The molecule has 5 heteroatoms. The monoisotopic (exact) mass is 336 g/mol. The molecule has 1 saturated carbocycles. The zero-order valence-electron chi connectivity index (χ0n) is 13.7. The Balaban J connectivity index is 1.90. The van der Waals surface area contributed by atoms with Crippen LogP contribution in [0.5, 0.6) is 0 Å². The summed E-state index contributed by atoms with van der Waals surface area (Å²) >= 11 is 6.16. The lowest BCUT2D eigenvalue weighted by molar-refractivity contribution is -0.121. The average molecular weight is 337 g/mol. The van der Waals surface area contributed by atoms with E-state index < -0.39 is 0 Å². The first-order chi connectivity index (χ1) is 11.1. The molecule has 4 nitrogen and oxygen atoms in total. The van der Waals surface area contributed by atoms with E-state index in [1.807, 2.05) is 12.1 Å². The maximum Gasteiger partial charge on any atom is 0.223 e. The molecule has 0 bridgehead atoms. The highest BCUT2D eigenvalue weighted by Gasteiger charge is 2.18. The number of nitrogens with zero attached hydrogens (tertiary/aromatic N) is 1. The van der Waals surface area contributed by atoms with Gasteiger partial charge in [-0.1, -0.05) is 49.4 Å². The van der Waals surface area contributed by atoms with Gasteiger partial charge in [-0.25, -0.2) is 0 Å². The minimum absolute atomic E-state index is 0.00945. The van der Waals surface area contributed by atoms with Gasteiger partial charge < -0.3 is 10.2 Å². The Hall–Kier alpha value is -1.55. The van der Waals surface area contributed by atoms with Gasteiger partial charge in [-0.15, -0.1) is 0 Å². The van der Waals surface area contributed by atoms with Gasteiger partial charge >= 0.3 is 0 Å². The van der Waals surface area contributed by atoms with E-state index in [0.717, 1.165) is 12.8 Å². The number of anilines is 1. The summed E-state index contributed by atoms with van der Waals surface area (Å²) in [6, 6.07) is 7.49. The summed E-state index contributed by atoms with van der Waals surface area (Å²) in [7, 11) is 0. The molecular weight excluding hydrogens is 312 g/mol. The van der Waals surface area contributed by atoms with E-state index in [1.54, 1.807) is 17.0 Å². The van der Waals surface area contributed by atoms with Gasteiger partial charge in [-0.3, -0.25) is 9.59 Å². The maximum atomic E-state index is 12.2. The quantitative estimate of drug-likeness (QED) is 0.828. The third kappa shape index (κ3) is 5.54. The summed E-state index contributed by atoms with van der Waals surface area (Å²) in [4.78, 5) is 25.6. The molecule has 2 amide bonds. The van der Waals surface area contributed by atoms with Crippen molar-refractivity contribution < 1.29 is 9.59 Å². The van der Waals surface area contributed by atoms with Crippen molar-refractivity contribution in [1.82, 2.24) is 5.32 Å². The van der Waals surface area contributed by atoms with Gasteiger partial charge in [0.15, 0.2) is 0 Å². The van der Waals surface area contributed by atoms with Crippen LogP contribution in [0.2, 0.25) is 5.02 Å². The molecule has 23 heavy (non-hydrogen) atoms. The largest absolute Gasteiger partial charge is 0.353 e. The van der Waals surface area contributed by atoms with Crippen LogP contribution in [0.1, 0.15) is 51.9 Å². The second kappa shape index (κ2) is 8.92. The van der Waals surface area contributed by atoms with E-state index in [4.69, 9.17) is 11.6 Å². The molecule has 2 rings (SSSR count). The fourth-order valence-electron chi connectivity index (χ4n) is 3.06. The van der Waals surface area contributed by atoms with Crippen molar-refractivity contribution >= 4 is 29.1 Å². The number of benzene rings is 1. The van der Waals surface area contributed by atoms with E-state index in [2.05, 4.69) is 5.32 Å². The van der Waals surface area contributed by atoms with Crippen molar-refractivity contribution in [2.45, 2.75) is 57.9 Å². The van der Waals surface area contributed by atoms with Crippen LogP contribution in [0.25, 0.3) is 0 Å². The van der Waals surface area contributed by atoms with E-state index in [1.165, 1.54) is 32.6 Å². The van der Waals surface area contributed by atoms with E-state index >= 15 is 0 Å². The van der Waals surface area contributed by atoms with Gasteiger partial charge in [0.2, 0.25) is 11.8 Å². The normalized spacial score (nSPS) is 15.7. The molecular formula is C18H25ClN2O2. The Morgan fingerprint density at radius 3 is 2.43 bits per heavy atom. The first kappa shape index (κ1) is 17.8. The lowest BCUT2D eigenvalue weighted by Gasteiger charge is -2.23. The van der Waals surface area contributed by atoms with Gasteiger partial charge in [0.1, 0.15) is 0 Å². The summed E-state index contributed by atoms with van der Waals surface area (Å²) in [5.74, 6) is -0.101. The molecule has 0 saturated heterocycles. The smallest absolute Gasteiger partial charge is 0.223 e. The molecule has 0 aliphatic heterocycles. The van der Waals surface area contributed by atoms with Crippen molar-refractivity contribution in [2.24, 2.45) is 0 Å². The molecule has 0 atom stereocenters. The second-order valence-electron chi connectivity index (χ2n) is 6.13. The van der Waals surface area contributed by atoms with Crippen molar-refractivity contribution in [2.75, 3.05) is 11.4 Å². The molecule has 0 heterocycles. The van der Waals surface area contributed by atoms with Gasteiger partial charge in [0.25, 0.3) is 0 Å². The Kier molecular flexibility index (Phi) is 6.90. The molecule has 0 aromatic heterocycles. The van der Waals surface area contributed by atoms with E-state index in [9.17, 15) is 9.59 Å². The highest BCUT2D eigenvalue weighted by molar-refractivity contribution is 6.33. The number of carbonyl (C=O) groups is 2. The molecule has 0 unspecified atom stereocenters. The summed E-state index contributed by atoms with van der Waals surface area (Å²) in [6.07, 6.45) is 7.31. The first-order valence-electron chi connectivity index (χ1n) is 8.40. The summed E-state index contributed by atoms with van der Waals surface area (Å²) < 4.78 is 0.